The van der Waals surface area contributed by atoms with Crippen LogP contribution in [0, 0.1) is 5.92 Å². The molecule has 0 saturated heterocycles. The quantitative estimate of drug-likeness (QED) is 0.869. The lowest BCUT2D eigenvalue weighted by atomic mass is 10.1. The first-order valence-corrected chi connectivity index (χ1v) is 7.31. The summed E-state index contributed by atoms with van der Waals surface area (Å²) in [6.45, 7) is -0.171. The monoisotopic (exact) mass is 331 g/mol. The Morgan fingerprint density at radius 1 is 1.33 bits per heavy atom. The van der Waals surface area contributed by atoms with Crippen molar-refractivity contribution in [2.75, 3.05) is 6.61 Å². The van der Waals surface area contributed by atoms with E-state index in [2.05, 4.69) is 5.32 Å². The number of carbonyl (C=O) groups is 2. The molecule has 0 bridgehead atoms. The zero-order valence-corrected chi connectivity index (χ0v) is 12.7. The number of carboxylic acid groups (broad SMARTS) is 1. The average molecular weight is 332 g/mol. The molecule has 0 aromatic heterocycles. The lowest BCUT2D eigenvalue weighted by molar-refractivity contribution is -0.141. The summed E-state index contributed by atoms with van der Waals surface area (Å²) >= 11 is 11.7. The van der Waals surface area contributed by atoms with Crippen molar-refractivity contribution in [3.63, 3.8) is 0 Å². The van der Waals surface area contributed by atoms with Gasteiger partial charge in [-0.25, -0.2) is 0 Å². The highest BCUT2D eigenvalue weighted by atomic mass is 35.5. The maximum atomic E-state index is 11.8. The first-order valence-electron chi connectivity index (χ1n) is 6.55. The van der Waals surface area contributed by atoms with Crippen molar-refractivity contribution < 1.29 is 19.4 Å². The molecule has 1 amide bonds. The molecule has 0 unspecified atom stereocenters. The Hall–Kier alpha value is -1.46. The minimum absolute atomic E-state index is 0.108. The number of nitrogens with one attached hydrogen (secondary N) is 1. The SMILES string of the molecule is O=C(COc1ccc(Cl)cc1Cl)N[C@H]1CC[C@@H](C(=O)O)C1. The molecule has 2 atom stereocenters. The van der Waals surface area contributed by atoms with Crippen LogP contribution in [-0.2, 0) is 9.59 Å². The predicted octanol–water partition coefficient (Wildman–Crippen LogP) is 2.74. The molecular weight excluding hydrogens is 317 g/mol. The van der Waals surface area contributed by atoms with Gasteiger partial charge in [-0.1, -0.05) is 23.2 Å². The van der Waals surface area contributed by atoms with Crippen LogP contribution in [0.3, 0.4) is 0 Å². The van der Waals surface area contributed by atoms with E-state index in [4.69, 9.17) is 33.0 Å². The lowest BCUT2D eigenvalue weighted by Gasteiger charge is -2.13. The number of benzene rings is 1. The second-order valence-electron chi connectivity index (χ2n) is 4.98. The minimum atomic E-state index is -0.809. The van der Waals surface area contributed by atoms with E-state index in [1.807, 2.05) is 0 Å². The molecule has 0 aliphatic heterocycles. The van der Waals surface area contributed by atoms with Gasteiger partial charge >= 0.3 is 5.97 Å². The summed E-state index contributed by atoms with van der Waals surface area (Å²) in [6.07, 6.45) is 1.72. The van der Waals surface area contributed by atoms with E-state index in [0.717, 1.165) is 0 Å². The largest absolute Gasteiger partial charge is 0.482 e. The average Bonchev–Trinajstić information content (AvgIpc) is 2.86. The molecule has 114 valence electrons. The lowest BCUT2D eigenvalue weighted by Crippen LogP contribution is -2.36. The summed E-state index contributed by atoms with van der Waals surface area (Å²) < 4.78 is 5.32. The predicted molar refractivity (Wildman–Crippen MR) is 78.9 cm³/mol. The van der Waals surface area contributed by atoms with Crippen LogP contribution < -0.4 is 10.1 Å². The number of rotatable bonds is 5. The molecule has 1 aromatic carbocycles. The van der Waals surface area contributed by atoms with Gasteiger partial charge < -0.3 is 15.2 Å². The van der Waals surface area contributed by atoms with Crippen molar-refractivity contribution in [1.82, 2.24) is 5.32 Å². The normalized spacial score (nSPS) is 21.0. The fourth-order valence-corrected chi connectivity index (χ4v) is 2.80. The number of ether oxygens (including phenoxy) is 1. The summed E-state index contributed by atoms with van der Waals surface area (Å²) in [5.74, 6) is -1.10. The first-order chi connectivity index (χ1) is 9.95. The number of carbonyl (C=O) groups excluding carboxylic acids is 1. The second kappa shape index (κ2) is 7.00. The zero-order valence-electron chi connectivity index (χ0n) is 11.1. The molecule has 2 rings (SSSR count). The highest BCUT2D eigenvalue weighted by Crippen LogP contribution is 2.28. The number of hydrogen-bond donors (Lipinski definition) is 2. The fourth-order valence-electron chi connectivity index (χ4n) is 2.34. The van der Waals surface area contributed by atoms with Gasteiger partial charge in [0, 0.05) is 11.1 Å². The van der Waals surface area contributed by atoms with Crippen LogP contribution in [0.2, 0.25) is 10.0 Å². The van der Waals surface area contributed by atoms with Gasteiger partial charge in [0.1, 0.15) is 5.75 Å². The van der Waals surface area contributed by atoms with Crippen LogP contribution >= 0.6 is 23.2 Å². The van der Waals surface area contributed by atoms with Crippen LogP contribution in [-0.4, -0.2) is 29.6 Å². The van der Waals surface area contributed by atoms with Crippen molar-refractivity contribution in [1.29, 1.82) is 0 Å². The Morgan fingerprint density at radius 2 is 2.10 bits per heavy atom. The van der Waals surface area contributed by atoms with E-state index in [1.54, 1.807) is 12.1 Å². The molecule has 0 spiro atoms. The highest BCUT2D eigenvalue weighted by Gasteiger charge is 2.30. The summed E-state index contributed by atoms with van der Waals surface area (Å²) in [5, 5.41) is 12.5. The molecule has 5 nitrogen and oxygen atoms in total. The smallest absolute Gasteiger partial charge is 0.306 e. The van der Waals surface area contributed by atoms with Gasteiger partial charge in [-0.05, 0) is 37.5 Å². The molecule has 7 heteroatoms. The van der Waals surface area contributed by atoms with Crippen molar-refractivity contribution in [3.8, 4) is 5.75 Å². The third kappa shape index (κ3) is 4.51. The summed E-state index contributed by atoms with van der Waals surface area (Å²) in [5.41, 5.74) is 0. The van der Waals surface area contributed by atoms with Crippen LogP contribution in [0.5, 0.6) is 5.75 Å². The van der Waals surface area contributed by atoms with Crippen LogP contribution in [0.25, 0.3) is 0 Å². The minimum Gasteiger partial charge on any atom is -0.482 e. The summed E-state index contributed by atoms with van der Waals surface area (Å²) in [7, 11) is 0. The maximum Gasteiger partial charge on any atom is 0.306 e. The first kappa shape index (κ1) is 15.9. The molecule has 0 heterocycles. The Kier molecular flexibility index (Phi) is 5.31. The number of amides is 1. The summed E-state index contributed by atoms with van der Waals surface area (Å²) in [4.78, 5) is 22.6. The van der Waals surface area contributed by atoms with Crippen LogP contribution in [0.1, 0.15) is 19.3 Å². The topological polar surface area (TPSA) is 75.6 Å². The molecule has 1 aliphatic carbocycles. The number of carboxylic acids is 1. The van der Waals surface area contributed by atoms with Crippen molar-refractivity contribution in [2.45, 2.75) is 25.3 Å². The van der Waals surface area contributed by atoms with Gasteiger partial charge in [0.15, 0.2) is 6.61 Å². The zero-order chi connectivity index (χ0) is 15.4. The molecule has 1 saturated carbocycles. The van der Waals surface area contributed by atoms with Gasteiger partial charge in [0.25, 0.3) is 5.91 Å². The van der Waals surface area contributed by atoms with Gasteiger partial charge in [-0.15, -0.1) is 0 Å². The van der Waals surface area contributed by atoms with Gasteiger partial charge in [0.2, 0.25) is 0 Å². The highest BCUT2D eigenvalue weighted by molar-refractivity contribution is 6.35. The van der Waals surface area contributed by atoms with E-state index in [1.165, 1.54) is 6.07 Å². The van der Waals surface area contributed by atoms with Crippen molar-refractivity contribution >= 4 is 35.1 Å². The molecular formula is C14H15Cl2NO4. The van der Waals surface area contributed by atoms with Gasteiger partial charge in [-0.3, -0.25) is 9.59 Å². The van der Waals surface area contributed by atoms with Gasteiger partial charge in [-0.2, -0.15) is 0 Å². The molecule has 1 fully saturated rings. The maximum absolute atomic E-state index is 11.8. The van der Waals surface area contributed by atoms with E-state index >= 15 is 0 Å². The van der Waals surface area contributed by atoms with Crippen molar-refractivity contribution in [3.05, 3.63) is 28.2 Å². The number of halogens is 2. The van der Waals surface area contributed by atoms with Crippen molar-refractivity contribution in [2.24, 2.45) is 5.92 Å². The van der Waals surface area contributed by atoms with Crippen LogP contribution in [0.4, 0.5) is 0 Å². The second-order valence-corrected chi connectivity index (χ2v) is 5.82. The van der Waals surface area contributed by atoms with E-state index in [9.17, 15) is 9.59 Å². The number of aliphatic carboxylic acids is 1. The van der Waals surface area contributed by atoms with Gasteiger partial charge in [0.05, 0.1) is 10.9 Å². The molecule has 2 N–H and O–H groups in total. The standard InChI is InChI=1S/C14H15Cl2NO4/c15-9-2-4-12(11(16)6-9)21-7-13(18)17-10-3-1-8(5-10)14(19)20/h2,4,6,8,10H,1,3,5,7H2,(H,17,18)(H,19,20)/t8-,10+/m1/s1. The van der Waals surface area contributed by atoms with E-state index < -0.39 is 5.97 Å². The van der Waals surface area contributed by atoms with E-state index in [-0.39, 0.29) is 24.5 Å². The molecule has 1 aromatic rings. The van der Waals surface area contributed by atoms with Crippen LogP contribution in [0.15, 0.2) is 18.2 Å². The Morgan fingerprint density at radius 3 is 2.71 bits per heavy atom. The third-order valence-electron chi connectivity index (χ3n) is 3.40. The fraction of sp³-hybridized carbons (Fsp3) is 0.429. The summed E-state index contributed by atoms with van der Waals surface area (Å²) in [6, 6.07) is 4.64. The van der Waals surface area contributed by atoms with E-state index in [0.29, 0.717) is 35.1 Å². The Balaban J connectivity index is 1.79. The molecule has 1 aliphatic rings. The molecule has 0 radical (unpaired) electrons. The third-order valence-corrected chi connectivity index (χ3v) is 3.93. The Bertz CT molecular complexity index is 550. The number of hydrogen-bond acceptors (Lipinski definition) is 3. The Labute approximate surface area is 132 Å². The molecule has 21 heavy (non-hydrogen) atoms.